The van der Waals surface area contributed by atoms with Crippen molar-refractivity contribution >= 4 is 0 Å². The number of hydrogen-bond donors (Lipinski definition) is 1. The van der Waals surface area contributed by atoms with Gasteiger partial charge < -0.3 is 14.6 Å². The normalized spacial score (nSPS) is 40.9. The maximum Gasteiger partial charge on any atom is 0.146 e. The number of rotatable bonds is 8. The molecule has 3 fully saturated rings. The lowest BCUT2D eigenvalue weighted by molar-refractivity contribution is -0.0864. The first-order valence-electron chi connectivity index (χ1n) is 13.6. The maximum absolute atomic E-state index is 9.49. The molecule has 33 heavy (non-hydrogen) atoms. The molecule has 4 aliphatic rings. The smallest absolute Gasteiger partial charge is 0.146 e. The summed E-state index contributed by atoms with van der Waals surface area (Å²) in [7, 11) is 1.71. The van der Waals surface area contributed by atoms with E-state index < -0.39 is 0 Å². The van der Waals surface area contributed by atoms with Crippen molar-refractivity contribution in [2.75, 3.05) is 20.5 Å². The molecule has 3 nitrogen and oxygen atoms in total. The Morgan fingerprint density at radius 2 is 1.82 bits per heavy atom. The number of aliphatic hydroxyl groups is 1. The molecule has 9 atom stereocenters. The van der Waals surface area contributed by atoms with Crippen molar-refractivity contribution in [3.05, 3.63) is 35.5 Å². The molecule has 2 unspecified atom stereocenters. The number of aliphatic hydroxyl groups excluding tert-OH is 1. The standard InChI is InChI=1S/C30H48O3/c1-20(22(3)18-31)7-8-21(2)26-11-12-27-25-10-9-23-17-24(33-19-32-6)13-15-29(23,4)28(25)14-16-30(26,27)5/h7-10,20-22,24,26-28,31H,11-19H2,1-6H3/b8-7+/t20-,21+,22?,24?,26+,27-,28-,29-,30+/m0/s1. The van der Waals surface area contributed by atoms with Gasteiger partial charge in [0.25, 0.3) is 0 Å². The molecular weight excluding hydrogens is 408 g/mol. The molecule has 0 heterocycles. The van der Waals surface area contributed by atoms with Gasteiger partial charge in [-0.15, -0.1) is 0 Å². The monoisotopic (exact) mass is 456 g/mol. The highest BCUT2D eigenvalue weighted by Crippen LogP contribution is 2.66. The lowest BCUT2D eigenvalue weighted by Gasteiger charge is -2.55. The third kappa shape index (κ3) is 4.55. The Balaban J connectivity index is 1.51. The van der Waals surface area contributed by atoms with Gasteiger partial charge in [-0.3, -0.25) is 0 Å². The summed E-state index contributed by atoms with van der Waals surface area (Å²) in [5.41, 5.74) is 4.12. The van der Waals surface area contributed by atoms with Crippen LogP contribution >= 0.6 is 0 Å². The second-order valence-corrected chi connectivity index (χ2v) is 12.3. The molecule has 4 rings (SSSR count). The molecule has 0 amide bonds. The summed E-state index contributed by atoms with van der Waals surface area (Å²) in [5, 5.41) is 9.49. The summed E-state index contributed by atoms with van der Waals surface area (Å²) in [6, 6.07) is 0. The van der Waals surface area contributed by atoms with Crippen LogP contribution in [0, 0.1) is 46.3 Å². The second kappa shape index (κ2) is 9.99. The van der Waals surface area contributed by atoms with Crippen LogP contribution in [-0.2, 0) is 9.47 Å². The first-order valence-corrected chi connectivity index (χ1v) is 13.6. The Morgan fingerprint density at radius 3 is 2.55 bits per heavy atom. The molecule has 0 aromatic heterocycles. The molecule has 0 bridgehead atoms. The molecule has 0 aliphatic heterocycles. The van der Waals surface area contributed by atoms with Gasteiger partial charge in [-0.2, -0.15) is 0 Å². The molecular formula is C30H48O3. The van der Waals surface area contributed by atoms with Crippen LogP contribution in [0.5, 0.6) is 0 Å². The fraction of sp³-hybridized carbons (Fsp3) is 0.800. The molecule has 1 N–H and O–H groups in total. The van der Waals surface area contributed by atoms with Crippen LogP contribution in [-0.4, -0.2) is 31.7 Å². The van der Waals surface area contributed by atoms with Gasteiger partial charge in [0.2, 0.25) is 0 Å². The van der Waals surface area contributed by atoms with Crippen LogP contribution in [0.15, 0.2) is 35.5 Å². The van der Waals surface area contributed by atoms with Crippen molar-refractivity contribution < 1.29 is 14.6 Å². The first kappa shape index (κ1) is 25.2. The summed E-state index contributed by atoms with van der Waals surface area (Å²) >= 11 is 0. The van der Waals surface area contributed by atoms with Crippen molar-refractivity contribution in [3.63, 3.8) is 0 Å². The molecule has 4 aliphatic carbocycles. The number of fused-ring (bicyclic) bond motifs is 5. The van der Waals surface area contributed by atoms with E-state index in [0.29, 0.717) is 47.4 Å². The first-order chi connectivity index (χ1) is 15.7. The van der Waals surface area contributed by atoms with Gasteiger partial charge in [0.1, 0.15) is 6.79 Å². The van der Waals surface area contributed by atoms with Crippen molar-refractivity contribution in [2.45, 2.75) is 85.7 Å². The Labute approximate surface area is 202 Å². The predicted molar refractivity (Wildman–Crippen MR) is 136 cm³/mol. The number of ether oxygens (including phenoxy) is 2. The zero-order valence-corrected chi connectivity index (χ0v) is 22.0. The Bertz CT molecular complexity index is 781. The van der Waals surface area contributed by atoms with Crippen molar-refractivity contribution in [1.82, 2.24) is 0 Å². The van der Waals surface area contributed by atoms with Crippen LogP contribution in [0.2, 0.25) is 0 Å². The molecule has 3 saturated carbocycles. The summed E-state index contributed by atoms with van der Waals surface area (Å²) < 4.78 is 11.1. The SMILES string of the molecule is COCOC1CC[C@@]2(C)C(=CC=C3[C@@H]4CC[C@H]([C@H](C)/C=C/[C@H](C)C(C)CO)[C@@]4(C)CC[C@@H]32)C1. The van der Waals surface area contributed by atoms with E-state index in [1.165, 1.54) is 32.1 Å². The van der Waals surface area contributed by atoms with Crippen LogP contribution in [0.3, 0.4) is 0 Å². The van der Waals surface area contributed by atoms with Crippen molar-refractivity contribution in [3.8, 4) is 0 Å². The Kier molecular flexibility index (Phi) is 7.63. The molecule has 0 radical (unpaired) electrons. The summed E-state index contributed by atoms with van der Waals surface area (Å²) in [6.07, 6.45) is 19.0. The highest BCUT2D eigenvalue weighted by Gasteiger charge is 2.56. The van der Waals surface area contributed by atoms with Crippen LogP contribution in [0.1, 0.15) is 79.6 Å². The predicted octanol–water partition coefficient (Wildman–Crippen LogP) is 6.93. The zero-order chi connectivity index (χ0) is 23.8. The lowest BCUT2D eigenvalue weighted by Crippen LogP contribution is -2.46. The zero-order valence-electron chi connectivity index (χ0n) is 22.0. The molecule has 0 aromatic rings. The number of methoxy groups -OCH3 is 1. The minimum atomic E-state index is 0.270. The fourth-order valence-electron chi connectivity index (χ4n) is 8.02. The Morgan fingerprint density at radius 1 is 1.03 bits per heavy atom. The third-order valence-corrected chi connectivity index (χ3v) is 10.6. The van der Waals surface area contributed by atoms with Crippen molar-refractivity contribution in [2.24, 2.45) is 46.3 Å². The van der Waals surface area contributed by atoms with Gasteiger partial charge in [0.05, 0.1) is 6.10 Å². The van der Waals surface area contributed by atoms with E-state index in [2.05, 4.69) is 58.9 Å². The molecule has 0 spiro atoms. The van der Waals surface area contributed by atoms with E-state index in [9.17, 15) is 5.11 Å². The summed E-state index contributed by atoms with van der Waals surface area (Å²) in [6.45, 7) is 12.6. The van der Waals surface area contributed by atoms with Gasteiger partial charge in [-0.25, -0.2) is 0 Å². The summed E-state index contributed by atoms with van der Waals surface area (Å²) in [5.74, 6) is 3.58. The number of allylic oxidation sites excluding steroid dienone is 5. The second-order valence-electron chi connectivity index (χ2n) is 12.3. The average molecular weight is 457 g/mol. The van der Waals surface area contributed by atoms with E-state index in [1.807, 2.05) is 0 Å². The van der Waals surface area contributed by atoms with E-state index in [0.717, 1.165) is 24.7 Å². The fourth-order valence-corrected chi connectivity index (χ4v) is 8.02. The van der Waals surface area contributed by atoms with E-state index in [-0.39, 0.29) is 6.61 Å². The highest BCUT2D eigenvalue weighted by molar-refractivity contribution is 5.39. The Hall–Kier alpha value is -0.900. The highest BCUT2D eigenvalue weighted by atomic mass is 16.7. The van der Waals surface area contributed by atoms with E-state index >= 15 is 0 Å². The van der Waals surface area contributed by atoms with Crippen LogP contribution in [0.25, 0.3) is 0 Å². The van der Waals surface area contributed by atoms with Crippen molar-refractivity contribution in [1.29, 1.82) is 0 Å². The quantitative estimate of drug-likeness (QED) is 0.318. The van der Waals surface area contributed by atoms with Gasteiger partial charge in [0.15, 0.2) is 0 Å². The van der Waals surface area contributed by atoms with Crippen LogP contribution < -0.4 is 0 Å². The molecule has 0 saturated heterocycles. The lowest BCUT2D eigenvalue weighted by atomic mass is 9.50. The number of hydrogen-bond acceptors (Lipinski definition) is 3. The summed E-state index contributed by atoms with van der Waals surface area (Å²) in [4.78, 5) is 0. The van der Waals surface area contributed by atoms with Gasteiger partial charge in [-0.05, 0) is 91.3 Å². The topological polar surface area (TPSA) is 38.7 Å². The van der Waals surface area contributed by atoms with Gasteiger partial charge in [0, 0.05) is 13.7 Å². The maximum atomic E-state index is 9.49. The molecule has 3 heteroatoms. The minimum absolute atomic E-state index is 0.270. The third-order valence-electron chi connectivity index (χ3n) is 10.6. The van der Waals surface area contributed by atoms with Gasteiger partial charge >= 0.3 is 0 Å². The average Bonchev–Trinajstić information content (AvgIpc) is 3.17. The van der Waals surface area contributed by atoms with E-state index in [1.54, 1.807) is 18.3 Å². The van der Waals surface area contributed by atoms with E-state index in [4.69, 9.17) is 9.47 Å². The van der Waals surface area contributed by atoms with Gasteiger partial charge in [-0.1, -0.05) is 70.1 Å². The van der Waals surface area contributed by atoms with Crippen LogP contribution in [0.4, 0.5) is 0 Å². The molecule has 186 valence electrons. The molecule has 0 aromatic carbocycles. The largest absolute Gasteiger partial charge is 0.396 e. The minimum Gasteiger partial charge on any atom is -0.396 e.